The van der Waals surface area contributed by atoms with Gasteiger partial charge in [0.05, 0.1) is 14.2 Å². The van der Waals surface area contributed by atoms with E-state index in [1.165, 1.54) is 26.4 Å². The number of methoxy groups -OCH3 is 2. The molecule has 0 aromatic rings. The van der Waals surface area contributed by atoms with E-state index in [-0.39, 0.29) is 24.3 Å². The first-order chi connectivity index (χ1) is 14.4. The predicted octanol–water partition coefficient (Wildman–Crippen LogP) is -1.13. The van der Waals surface area contributed by atoms with Crippen LogP contribution in [0.5, 0.6) is 0 Å². The maximum Gasteiger partial charge on any atom is 0.407 e. The minimum absolute atomic E-state index is 0.241. The molecule has 0 radical (unpaired) electrons. The molecule has 1 aliphatic heterocycles. The van der Waals surface area contributed by atoms with Gasteiger partial charge in [0, 0.05) is 44.9 Å². The summed E-state index contributed by atoms with van der Waals surface area (Å²) in [6.45, 7) is 1.74. The lowest BCUT2D eigenvalue weighted by atomic mass is 10.1. The summed E-state index contributed by atoms with van der Waals surface area (Å²) in [5.41, 5.74) is 0. The Balaban J connectivity index is 2.26. The number of nitrogens with one attached hydrogen (secondary N) is 4. The maximum atomic E-state index is 12.3. The molecule has 0 aromatic heterocycles. The van der Waals surface area contributed by atoms with Crippen molar-refractivity contribution >= 4 is 29.9 Å². The average molecular weight is 427 g/mol. The fourth-order valence-electron chi connectivity index (χ4n) is 2.57. The fraction of sp³-hybridized carbons (Fsp3) is 0.611. The van der Waals surface area contributed by atoms with E-state index in [0.29, 0.717) is 45.4 Å². The normalized spacial score (nSPS) is 13.7. The highest BCUT2D eigenvalue weighted by molar-refractivity contribution is 6.12. The van der Waals surface area contributed by atoms with Crippen LogP contribution in [0.25, 0.3) is 0 Å². The second kappa shape index (κ2) is 13.9. The summed E-state index contributed by atoms with van der Waals surface area (Å²) in [7, 11) is 2.48. The molecule has 0 bridgehead atoms. The quantitative estimate of drug-likeness (QED) is 0.213. The van der Waals surface area contributed by atoms with Gasteiger partial charge in [0.2, 0.25) is 5.91 Å². The minimum atomic E-state index is -0.776. The van der Waals surface area contributed by atoms with Gasteiger partial charge in [-0.15, -0.1) is 0 Å². The third-order valence-corrected chi connectivity index (χ3v) is 4.18. The average Bonchev–Trinajstić information content (AvgIpc) is 3.06. The Kier molecular flexibility index (Phi) is 11.6. The molecule has 0 aliphatic carbocycles. The molecule has 0 spiro atoms. The number of hydrogen-bond acceptors (Lipinski definition) is 8. The Hall–Kier alpha value is -3.15. The van der Waals surface area contributed by atoms with E-state index in [9.17, 15) is 24.0 Å². The molecule has 0 saturated heterocycles. The van der Waals surface area contributed by atoms with Crippen LogP contribution in [0.2, 0.25) is 0 Å². The summed E-state index contributed by atoms with van der Waals surface area (Å²) < 4.78 is 9.01. The number of alkyl carbamates (subject to hydrolysis) is 2. The molecule has 1 aliphatic rings. The largest absolute Gasteiger partial charge is 0.453 e. The SMILES string of the molecule is COC(=O)NCCCCC(NC(=O)OC)C(=O)NCCNCCN1C(=O)C=CC1=O. The lowest BCUT2D eigenvalue weighted by Crippen LogP contribution is -2.48. The molecule has 0 aromatic carbocycles. The number of ether oxygens (including phenoxy) is 2. The molecule has 0 saturated carbocycles. The lowest BCUT2D eigenvalue weighted by Gasteiger charge is -2.18. The summed E-state index contributed by atoms with van der Waals surface area (Å²) in [4.78, 5) is 58.8. The Bertz CT molecular complexity index is 635. The molecular weight excluding hydrogens is 398 g/mol. The molecule has 1 unspecified atom stereocenters. The molecule has 1 rings (SSSR count). The zero-order valence-corrected chi connectivity index (χ0v) is 17.2. The Morgan fingerprint density at radius 3 is 2.20 bits per heavy atom. The van der Waals surface area contributed by atoms with Crippen LogP contribution in [-0.4, -0.2) is 87.8 Å². The number of hydrogen-bond donors (Lipinski definition) is 4. The Morgan fingerprint density at radius 1 is 0.900 bits per heavy atom. The van der Waals surface area contributed by atoms with Crippen LogP contribution in [0.15, 0.2) is 12.2 Å². The van der Waals surface area contributed by atoms with Crippen molar-refractivity contribution in [3.8, 4) is 0 Å². The molecule has 12 heteroatoms. The Labute approximate surface area is 174 Å². The second-order valence-corrected chi connectivity index (χ2v) is 6.31. The van der Waals surface area contributed by atoms with Crippen molar-refractivity contribution in [2.24, 2.45) is 0 Å². The van der Waals surface area contributed by atoms with E-state index in [2.05, 4.69) is 30.7 Å². The number of unbranched alkanes of at least 4 members (excludes halogenated alkanes) is 1. The van der Waals surface area contributed by atoms with Gasteiger partial charge in [-0.05, 0) is 19.3 Å². The zero-order valence-electron chi connectivity index (χ0n) is 17.2. The third kappa shape index (κ3) is 9.37. The molecule has 4 N–H and O–H groups in total. The highest BCUT2D eigenvalue weighted by atomic mass is 16.5. The van der Waals surface area contributed by atoms with Gasteiger partial charge in [0.25, 0.3) is 11.8 Å². The topological polar surface area (TPSA) is 155 Å². The smallest absolute Gasteiger partial charge is 0.407 e. The number of carbonyl (C=O) groups is 5. The van der Waals surface area contributed by atoms with Gasteiger partial charge in [-0.1, -0.05) is 0 Å². The van der Waals surface area contributed by atoms with Crippen molar-refractivity contribution in [3.63, 3.8) is 0 Å². The van der Waals surface area contributed by atoms with E-state index in [1.807, 2.05) is 0 Å². The summed E-state index contributed by atoms with van der Waals surface area (Å²) in [6, 6.07) is -0.776. The maximum absolute atomic E-state index is 12.3. The summed E-state index contributed by atoms with van der Waals surface area (Å²) >= 11 is 0. The number of imide groups is 1. The number of carbonyl (C=O) groups excluding carboxylic acids is 5. The fourth-order valence-corrected chi connectivity index (χ4v) is 2.57. The molecule has 1 heterocycles. The van der Waals surface area contributed by atoms with Crippen LogP contribution >= 0.6 is 0 Å². The lowest BCUT2D eigenvalue weighted by molar-refractivity contribution is -0.136. The molecule has 5 amide bonds. The van der Waals surface area contributed by atoms with Gasteiger partial charge in [-0.25, -0.2) is 9.59 Å². The van der Waals surface area contributed by atoms with Gasteiger partial charge in [-0.3, -0.25) is 19.3 Å². The van der Waals surface area contributed by atoms with E-state index in [0.717, 1.165) is 4.90 Å². The van der Waals surface area contributed by atoms with Crippen molar-refractivity contribution in [2.75, 3.05) is 46.9 Å². The van der Waals surface area contributed by atoms with Crippen molar-refractivity contribution in [3.05, 3.63) is 12.2 Å². The van der Waals surface area contributed by atoms with Crippen molar-refractivity contribution in [2.45, 2.75) is 25.3 Å². The highest BCUT2D eigenvalue weighted by Crippen LogP contribution is 2.03. The van der Waals surface area contributed by atoms with Crippen LogP contribution in [0.4, 0.5) is 9.59 Å². The molecule has 0 fully saturated rings. The van der Waals surface area contributed by atoms with Crippen LogP contribution in [0.3, 0.4) is 0 Å². The molecule has 168 valence electrons. The standard InChI is InChI=1S/C18H29N5O7/c1-29-17(27)21-8-4-3-5-13(22-18(28)30-2)16(26)20-10-9-19-11-12-23-14(24)6-7-15(23)25/h6-7,13,19H,3-5,8-12H2,1-2H3,(H,20,26)(H,21,27)(H,22,28). The third-order valence-electron chi connectivity index (χ3n) is 4.18. The highest BCUT2D eigenvalue weighted by Gasteiger charge is 2.22. The summed E-state index contributed by atoms with van der Waals surface area (Å²) in [5, 5.41) is 10.7. The number of amides is 5. The van der Waals surface area contributed by atoms with Gasteiger partial charge >= 0.3 is 12.2 Å². The van der Waals surface area contributed by atoms with E-state index < -0.39 is 18.2 Å². The van der Waals surface area contributed by atoms with Crippen molar-refractivity contribution in [1.82, 2.24) is 26.2 Å². The molecule has 1 atom stereocenters. The Morgan fingerprint density at radius 2 is 1.57 bits per heavy atom. The van der Waals surface area contributed by atoms with Crippen molar-refractivity contribution < 1.29 is 33.4 Å². The molecular formula is C18H29N5O7. The minimum Gasteiger partial charge on any atom is -0.453 e. The van der Waals surface area contributed by atoms with E-state index in [1.54, 1.807) is 0 Å². The van der Waals surface area contributed by atoms with E-state index >= 15 is 0 Å². The van der Waals surface area contributed by atoms with Crippen LogP contribution in [0, 0.1) is 0 Å². The monoisotopic (exact) mass is 427 g/mol. The summed E-state index contributed by atoms with van der Waals surface area (Å²) in [6.07, 6.45) is 2.75. The van der Waals surface area contributed by atoms with Gasteiger partial charge in [-0.2, -0.15) is 0 Å². The second-order valence-electron chi connectivity index (χ2n) is 6.31. The number of rotatable bonds is 13. The first-order valence-electron chi connectivity index (χ1n) is 9.57. The van der Waals surface area contributed by atoms with E-state index in [4.69, 9.17) is 0 Å². The summed E-state index contributed by atoms with van der Waals surface area (Å²) in [5.74, 6) is -1.04. The first-order valence-corrected chi connectivity index (χ1v) is 9.57. The van der Waals surface area contributed by atoms with Crippen LogP contribution < -0.4 is 21.3 Å². The molecule has 12 nitrogen and oxygen atoms in total. The molecule has 30 heavy (non-hydrogen) atoms. The number of nitrogens with zero attached hydrogens (tertiary/aromatic N) is 1. The van der Waals surface area contributed by atoms with Gasteiger partial charge < -0.3 is 30.7 Å². The van der Waals surface area contributed by atoms with Gasteiger partial charge in [0.1, 0.15) is 6.04 Å². The predicted molar refractivity (Wildman–Crippen MR) is 105 cm³/mol. The van der Waals surface area contributed by atoms with Crippen LogP contribution in [-0.2, 0) is 23.9 Å². The van der Waals surface area contributed by atoms with Crippen LogP contribution in [0.1, 0.15) is 19.3 Å². The zero-order chi connectivity index (χ0) is 22.4. The van der Waals surface area contributed by atoms with Gasteiger partial charge in [0.15, 0.2) is 0 Å². The first kappa shape index (κ1) is 24.9. The van der Waals surface area contributed by atoms with Crippen molar-refractivity contribution in [1.29, 1.82) is 0 Å².